The Balaban J connectivity index is 1.46. The zero-order valence-electron chi connectivity index (χ0n) is 15.7. The van der Waals surface area contributed by atoms with Gasteiger partial charge in [-0.15, -0.1) is 0 Å². The van der Waals surface area contributed by atoms with E-state index in [4.69, 9.17) is 4.74 Å². The van der Waals surface area contributed by atoms with Crippen molar-refractivity contribution in [1.82, 2.24) is 25.2 Å². The Labute approximate surface area is 166 Å². The number of para-hydroxylation sites is 1. The fourth-order valence-corrected chi connectivity index (χ4v) is 3.31. The van der Waals surface area contributed by atoms with Gasteiger partial charge in [-0.2, -0.15) is 0 Å². The van der Waals surface area contributed by atoms with E-state index in [1.165, 1.54) is 23.5 Å². The van der Waals surface area contributed by atoms with Gasteiger partial charge < -0.3 is 25.0 Å². The van der Waals surface area contributed by atoms with Gasteiger partial charge in [0.05, 0.1) is 32.5 Å². The summed E-state index contributed by atoms with van der Waals surface area (Å²) in [7, 11) is 0. The molecule has 150 valence electrons. The molecule has 0 saturated carbocycles. The van der Waals surface area contributed by atoms with Crippen LogP contribution in [0.1, 0.15) is 21.0 Å². The number of aromatic nitrogens is 3. The molecule has 2 amide bonds. The summed E-state index contributed by atoms with van der Waals surface area (Å²) in [4.78, 5) is 37.6. The van der Waals surface area contributed by atoms with Crippen molar-refractivity contribution in [2.24, 2.45) is 0 Å². The second-order valence-corrected chi connectivity index (χ2v) is 7.05. The van der Waals surface area contributed by atoms with Crippen molar-refractivity contribution >= 4 is 22.7 Å². The first kappa shape index (κ1) is 19.0. The topological polar surface area (TPSA) is 120 Å². The summed E-state index contributed by atoms with van der Waals surface area (Å²) in [5.74, 6) is -0.686. The summed E-state index contributed by atoms with van der Waals surface area (Å²) in [6, 6.07) is 9.41. The van der Waals surface area contributed by atoms with Crippen LogP contribution in [0, 0.1) is 0 Å². The largest absolute Gasteiger partial charge is 0.384 e. The molecule has 1 atom stereocenters. The number of benzene rings is 1. The van der Waals surface area contributed by atoms with E-state index in [2.05, 4.69) is 20.3 Å². The number of nitrogens with zero attached hydrogens (tertiary/aromatic N) is 3. The van der Waals surface area contributed by atoms with Crippen LogP contribution in [-0.4, -0.2) is 75.2 Å². The minimum absolute atomic E-state index is 0.00420. The van der Waals surface area contributed by atoms with E-state index >= 15 is 0 Å². The van der Waals surface area contributed by atoms with E-state index < -0.39 is 11.5 Å². The van der Waals surface area contributed by atoms with Gasteiger partial charge in [0.15, 0.2) is 0 Å². The molecule has 1 aromatic carbocycles. The molecule has 1 saturated heterocycles. The SMILES string of the molecule is O=C(NC[C@]1(O)COCCN(C(=O)c2cc3ccccc3[nH]2)C1)c1cnccn1. The number of rotatable bonds is 4. The molecule has 0 radical (unpaired) electrons. The third-order valence-electron chi connectivity index (χ3n) is 4.78. The van der Waals surface area contributed by atoms with E-state index in [9.17, 15) is 14.7 Å². The number of H-pyrrole nitrogens is 1. The molecule has 1 fully saturated rings. The maximum absolute atomic E-state index is 13.0. The summed E-state index contributed by atoms with van der Waals surface area (Å²) < 4.78 is 5.49. The van der Waals surface area contributed by atoms with Gasteiger partial charge in [-0.05, 0) is 12.1 Å². The maximum atomic E-state index is 13.0. The Morgan fingerprint density at radius 1 is 1.31 bits per heavy atom. The van der Waals surface area contributed by atoms with Crippen LogP contribution in [0.4, 0.5) is 0 Å². The lowest BCUT2D eigenvalue weighted by molar-refractivity contribution is -0.0324. The van der Waals surface area contributed by atoms with Crippen molar-refractivity contribution in [2.45, 2.75) is 5.60 Å². The van der Waals surface area contributed by atoms with Crippen LogP contribution in [0.5, 0.6) is 0 Å². The Morgan fingerprint density at radius 2 is 2.17 bits per heavy atom. The number of hydrogen-bond donors (Lipinski definition) is 3. The number of carbonyl (C=O) groups is 2. The van der Waals surface area contributed by atoms with E-state index in [1.54, 1.807) is 6.07 Å². The van der Waals surface area contributed by atoms with Crippen LogP contribution in [0.15, 0.2) is 48.9 Å². The summed E-state index contributed by atoms with van der Waals surface area (Å²) in [6.07, 6.45) is 4.23. The minimum atomic E-state index is -1.42. The predicted octanol–water partition coefficient (Wildman–Crippen LogP) is 0.591. The molecule has 0 spiro atoms. The van der Waals surface area contributed by atoms with Crippen LogP contribution < -0.4 is 5.32 Å². The van der Waals surface area contributed by atoms with Crippen LogP contribution in [0.2, 0.25) is 0 Å². The third-order valence-corrected chi connectivity index (χ3v) is 4.78. The van der Waals surface area contributed by atoms with Gasteiger partial charge in [-0.3, -0.25) is 14.6 Å². The number of β-amino-alcohol motifs (C(OH)–C–C–N with tert-alkyl or cyclic N) is 1. The third kappa shape index (κ3) is 4.25. The van der Waals surface area contributed by atoms with E-state index in [1.807, 2.05) is 24.3 Å². The fourth-order valence-electron chi connectivity index (χ4n) is 3.31. The second kappa shape index (κ2) is 7.98. The number of amides is 2. The standard InChI is InChI=1S/C20H21N5O4/c26-18(17-10-21-5-6-22-17)23-11-20(28)12-25(7-8-29-13-20)19(27)16-9-14-3-1-2-4-15(14)24-16/h1-6,9-10,24,28H,7-8,11-13H2,(H,23,26)/t20-/m1/s1. The molecule has 2 aromatic heterocycles. The van der Waals surface area contributed by atoms with E-state index in [0.29, 0.717) is 18.8 Å². The molecule has 3 heterocycles. The monoisotopic (exact) mass is 395 g/mol. The minimum Gasteiger partial charge on any atom is -0.384 e. The van der Waals surface area contributed by atoms with Gasteiger partial charge in [0.2, 0.25) is 0 Å². The fraction of sp³-hybridized carbons (Fsp3) is 0.300. The molecule has 9 heteroatoms. The maximum Gasteiger partial charge on any atom is 0.271 e. The number of carbonyl (C=O) groups excluding carboxylic acids is 2. The Morgan fingerprint density at radius 3 is 2.97 bits per heavy atom. The highest BCUT2D eigenvalue weighted by atomic mass is 16.5. The number of nitrogens with one attached hydrogen (secondary N) is 2. The quantitative estimate of drug-likeness (QED) is 0.595. The molecular weight excluding hydrogens is 374 g/mol. The molecule has 1 aliphatic heterocycles. The Kier molecular flexibility index (Phi) is 5.24. The lowest BCUT2D eigenvalue weighted by atomic mass is 10.0. The number of ether oxygens (including phenoxy) is 1. The molecule has 1 aliphatic rings. The van der Waals surface area contributed by atoms with Gasteiger partial charge in [-0.25, -0.2) is 4.98 Å². The summed E-state index contributed by atoms with van der Waals surface area (Å²) in [5, 5.41) is 14.6. The smallest absolute Gasteiger partial charge is 0.271 e. The predicted molar refractivity (Wildman–Crippen MR) is 104 cm³/mol. The van der Waals surface area contributed by atoms with Crippen molar-refractivity contribution < 1.29 is 19.4 Å². The molecule has 4 rings (SSSR count). The zero-order valence-corrected chi connectivity index (χ0v) is 15.7. The van der Waals surface area contributed by atoms with Crippen LogP contribution in [-0.2, 0) is 4.74 Å². The van der Waals surface area contributed by atoms with Crippen molar-refractivity contribution in [2.75, 3.05) is 32.8 Å². The van der Waals surface area contributed by atoms with Crippen molar-refractivity contribution in [3.63, 3.8) is 0 Å². The first-order chi connectivity index (χ1) is 14.0. The van der Waals surface area contributed by atoms with Gasteiger partial charge in [0.1, 0.15) is 17.0 Å². The number of aliphatic hydroxyl groups is 1. The molecule has 0 bridgehead atoms. The summed E-state index contributed by atoms with van der Waals surface area (Å²) in [5.41, 5.74) is 0.0415. The average molecular weight is 395 g/mol. The number of fused-ring (bicyclic) bond motifs is 1. The van der Waals surface area contributed by atoms with Crippen molar-refractivity contribution in [3.05, 3.63) is 60.3 Å². The molecule has 29 heavy (non-hydrogen) atoms. The van der Waals surface area contributed by atoms with Crippen molar-refractivity contribution in [3.8, 4) is 0 Å². The second-order valence-electron chi connectivity index (χ2n) is 7.05. The normalized spacial score (nSPS) is 19.7. The van der Waals surface area contributed by atoms with Crippen LogP contribution >= 0.6 is 0 Å². The van der Waals surface area contributed by atoms with Gasteiger partial charge >= 0.3 is 0 Å². The van der Waals surface area contributed by atoms with E-state index in [0.717, 1.165) is 10.9 Å². The Hall–Kier alpha value is -3.30. The highest BCUT2D eigenvalue weighted by Crippen LogP contribution is 2.19. The highest BCUT2D eigenvalue weighted by molar-refractivity contribution is 5.98. The average Bonchev–Trinajstić information content (AvgIpc) is 3.09. The lowest BCUT2D eigenvalue weighted by Crippen LogP contribution is -2.53. The van der Waals surface area contributed by atoms with Gasteiger partial charge in [-0.1, -0.05) is 18.2 Å². The highest BCUT2D eigenvalue weighted by Gasteiger charge is 2.35. The van der Waals surface area contributed by atoms with Crippen LogP contribution in [0.25, 0.3) is 10.9 Å². The molecule has 0 unspecified atom stereocenters. The lowest BCUT2D eigenvalue weighted by Gasteiger charge is -2.30. The van der Waals surface area contributed by atoms with Crippen molar-refractivity contribution in [1.29, 1.82) is 0 Å². The van der Waals surface area contributed by atoms with Gasteiger partial charge in [0, 0.05) is 29.8 Å². The number of aromatic amines is 1. The molecule has 0 aliphatic carbocycles. The molecule has 9 nitrogen and oxygen atoms in total. The first-order valence-corrected chi connectivity index (χ1v) is 9.25. The molecular formula is C20H21N5O4. The Bertz CT molecular complexity index is 989. The van der Waals surface area contributed by atoms with Gasteiger partial charge in [0.25, 0.3) is 11.8 Å². The zero-order chi connectivity index (χ0) is 20.3. The molecule has 3 aromatic rings. The summed E-state index contributed by atoms with van der Waals surface area (Å²) >= 11 is 0. The molecule has 3 N–H and O–H groups in total. The van der Waals surface area contributed by atoms with Crippen LogP contribution in [0.3, 0.4) is 0 Å². The summed E-state index contributed by atoms with van der Waals surface area (Å²) in [6.45, 7) is 0.589. The first-order valence-electron chi connectivity index (χ1n) is 9.25. The van der Waals surface area contributed by atoms with E-state index in [-0.39, 0.29) is 31.3 Å². The number of hydrogen-bond acceptors (Lipinski definition) is 6.